The summed E-state index contributed by atoms with van der Waals surface area (Å²) in [5.41, 5.74) is 4.76. The Morgan fingerprint density at radius 3 is 2.79 bits per heavy atom. The van der Waals surface area contributed by atoms with Crippen molar-refractivity contribution in [1.29, 1.82) is 0 Å². The first-order valence-corrected chi connectivity index (χ1v) is 12.9. The summed E-state index contributed by atoms with van der Waals surface area (Å²) >= 11 is 6.54. The van der Waals surface area contributed by atoms with Crippen molar-refractivity contribution in [2.75, 3.05) is 49.5 Å². The van der Waals surface area contributed by atoms with Crippen molar-refractivity contribution in [2.45, 2.75) is 52.0 Å². The number of nitrogens with zero attached hydrogens (tertiary/aromatic N) is 4. The highest BCUT2D eigenvalue weighted by molar-refractivity contribution is 6.31. The van der Waals surface area contributed by atoms with E-state index in [9.17, 15) is 5.11 Å². The van der Waals surface area contributed by atoms with Crippen LogP contribution in [0.1, 0.15) is 54.6 Å². The van der Waals surface area contributed by atoms with Crippen LogP contribution in [0.25, 0.3) is 0 Å². The number of rotatable bonds is 7. The maximum atomic E-state index is 9.29. The van der Waals surface area contributed by atoms with Crippen LogP contribution in [0.4, 0.5) is 11.8 Å². The van der Waals surface area contributed by atoms with Crippen LogP contribution in [0.2, 0.25) is 5.02 Å². The monoisotopic (exact) mass is 469 g/mol. The Balaban J connectivity index is 1.29. The van der Waals surface area contributed by atoms with Crippen LogP contribution in [0, 0.1) is 18.8 Å². The second-order valence-corrected chi connectivity index (χ2v) is 10.5. The number of anilines is 2. The fourth-order valence-corrected chi connectivity index (χ4v) is 6.14. The number of benzene rings is 1. The Morgan fingerprint density at radius 2 is 2.00 bits per heavy atom. The van der Waals surface area contributed by atoms with E-state index in [1.807, 2.05) is 6.07 Å². The molecule has 33 heavy (non-hydrogen) atoms. The fraction of sp³-hybridized carbons (Fsp3) is 0.615. The van der Waals surface area contributed by atoms with E-state index in [-0.39, 0.29) is 12.6 Å². The zero-order valence-electron chi connectivity index (χ0n) is 19.9. The first kappa shape index (κ1) is 22.9. The molecule has 178 valence electrons. The van der Waals surface area contributed by atoms with E-state index in [0.29, 0.717) is 5.92 Å². The number of likely N-dealkylation sites (tertiary alicyclic amines) is 1. The number of hydrogen-bond acceptors (Lipinski definition) is 6. The molecular formula is C26H36ClN5O. The van der Waals surface area contributed by atoms with Crippen molar-refractivity contribution in [1.82, 2.24) is 14.9 Å². The molecule has 6 nitrogen and oxygen atoms in total. The van der Waals surface area contributed by atoms with Gasteiger partial charge in [-0.1, -0.05) is 23.7 Å². The number of halogens is 1. The second-order valence-electron chi connectivity index (χ2n) is 10.1. The molecule has 5 rings (SSSR count). The summed E-state index contributed by atoms with van der Waals surface area (Å²) in [5, 5.41) is 13.8. The van der Waals surface area contributed by atoms with Gasteiger partial charge >= 0.3 is 0 Å². The van der Waals surface area contributed by atoms with Gasteiger partial charge in [-0.15, -0.1) is 0 Å². The number of hydrogen-bond donors (Lipinski definition) is 2. The van der Waals surface area contributed by atoms with Crippen LogP contribution < -0.4 is 10.2 Å². The molecule has 2 aliphatic heterocycles. The van der Waals surface area contributed by atoms with Gasteiger partial charge in [0.25, 0.3) is 0 Å². The highest BCUT2D eigenvalue weighted by atomic mass is 35.5. The highest BCUT2D eigenvalue weighted by Crippen LogP contribution is 2.36. The van der Waals surface area contributed by atoms with E-state index in [2.05, 4.69) is 41.1 Å². The average molecular weight is 470 g/mol. The lowest BCUT2D eigenvalue weighted by atomic mass is 9.81. The Hall–Kier alpha value is -1.89. The predicted molar refractivity (Wildman–Crippen MR) is 134 cm³/mol. The standard InChI is InChI=1S/C26H36ClN5O/c1-17-8-9-21(23(27)13-17)18(2)28-25-22-6-3-7-24(22)29-26(30-25)32-15-20(16-32)19-5-4-10-31(14-19)11-12-33/h8-9,13,18-20,33H,3-7,10-12,14-16H2,1-2H3,(H,28,29,30). The molecule has 2 aromatic rings. The van der Waals surface area contributed by atoms with E-state index >= 15 is 0 Å². The van der Waals surface area contributed by atoms with E-state index in [4.69, 9.17) is 21.6 Å². The van der Waals surface area contributed by atoms with Crippen LogP contribution in [0.3, 0.4) is 0 Å². The Kier molecular flexibility index (Phi) is 6.77. The second kappa shape index (κ2) is 9.77. The van der Waals surface area contributed by atoms with Crippen molar-refractivity contribution in [3.8, 4) is 0 Å². The molecule has 0 amide bonds. The molecule has 0 spiro atoms. The van der Waals surface area contributed by atoms with Gasteiger partial charge in [-0.05, 0) is 81.5 Å². The lowest BCUT2D eigenvalue weighted by Crippen LogP contribution is -2.54. The number of aryl methyl sites for hydroxylation is 2. The maximum Gasteiger partial charge on any atom is 0.227 e. The van der Waals surface area contributed by atoms with Crippen LogP contribution >= 0.6 is 11.6 Å². The summed E-state index contributed by atoms with van der Waals surface area (Å²) < 4.78 is 0. The quantitative estimate of drug-likeness (QED) is 0.632. The molecule has 3 heterocycles. The number of aliphatic hydroxyl groups excluding tert-OH is 1. The van der Waals surface area contributed by atoms with Gasteiger partial charge in [0.2, 0.25) is 5.95 Å². The Labute approximate surface area is 202 Å². The molecule has 1 aliphatic carbocycles. The molecule has 2 fully saturated rings. The predicted octanol–water partition coefficient (Wildman–Crippen LogP) is 4.24. The van der Waals surface area contributed by atoms with Crippen molar-refractivity contribution < 1.29 is 5.11 Å². The zero-order chi connectivity index (χ0) is 22.9. The van der Waals surface area contributed by atoms with E-state index in [1.54, 1.807) is 0 Å². The summed E-state index contributed by atoms with van der Waals surface area (Å²) in [4.78, 5) is 14.8. The van der Waals surface area contributed by atoms with Gasteiger partial charge in [0.1, 0.15) is 5.82 Å². The van der Waals surface area contributed by atoms with Gasteiger partial charge in [0.05, 0.1) is 18.3 Å². The van der Waals surface area contributed by atoms with Crippen LogP contribution in [-0.4, -0.2) is 59.3 Å². The first-order chi connectivity index (χ1) is 16.0. The smallest absolute Gasteiger partial charge is 0.227 e. The van der Waals surface area contributed by atoms with Gasteiger partial charge in [-0.2, -0.15) is 4.98 Å². The lowest BCUT2D eigenvalue weighted by Gasteiger charge is -2.46. The molecule has 0 saturated carbocycles. The normalized spacial score (nSPS) is 22.2. The van der Waals surface area contributed by atoms with Crippen molar-refractivity contribution in [3.63, 3.8) is 0 Å². The minimum atomic E-state index is 0.0782. The summed E-state index contributed by atoms with van der Waals surface area (Å²) in [6, 6.07) is 6.33. The van der Waals surface area contributed by atoms with E-state index < -0.39 is 0 Å². The minimum absolute atomic E-state index is 0.0782. The number of fused-ring (bicyclic) bond motifs is 1. The fourth-order valence-electron chi connectivity index (χ4n) is 5.74. The molecule has 1 aromatic carbocycles. The van der Waals surface area contributed by atoms with Gasteiger partial charge in [0, 0.05) is 36.8 Å². The maximum absolute atomic E-state index is 9.29. The van der Waals surface area contributed by atoms with Crippen molar-refractivity contribution in [3.05, 3.63) is 45.6 Å². The number of β-amino-alcohol motifs (C(OH)–C–C–N with tert-alkyl or cyclic N) is 1. The largest absolute Gasteiger partial charge is 0.395 e. The zero-order valence-corrected chi connectivity index (χ0v) is 20.6. The SMILES string of the molecule is Cc1ccc(C(C)Nc2nc(N3CC(C4CCCN(CCO)C4)C3)nc3c2CCC3)c(Cl)c1. The molecule has 2 unspecified atom stereocenters. The highest BCUT2D eigenvalue weighted by Gasteiger charge is 2.37. The van der Waals surface area contributed by atoms with Crippen LogP contribution in [0.15, 0.2) is 18.2 Å². The van der Waals surface area contributed by atoms with E-state index in [0.717, 1.165) is 80.3 Å². The van der Waals surface area contributed by atoms with Crippen LogP contribution in [0.5, 0.6) is 0 Å². The Bertz CT molecular complexity index is 991. The molecule has 3 aliphatic rings. The lowest BCUT2D eigenvalue weighted by molar-refractivity contribution is 0.101. The van der Waals surface area contributed by atoms with Gasteiger partial charge in [-0.25, -0.2) is 4.98 Å². The average Bonchev–Trinajstić information content (AvgIpc) is 3.22. The third-order valence-corrected chi connectivity index (χ3v) is 8.04. The first-order valence-electron chi connectivity index (χ1n) is 12.5. The summed E-state index contributed by atoms with van der Waals surface area (Å²) in [6.45, 7) is 9.60. The third-order valence-electron chi connectivity index (χ3n) is 7.71. The summed E-state index contributed by atoms with van der Waals surface area (Å²) in [6.07, 6.45) is 5.76. The Morgan fingerprint density at radius 1 is 1.15 bits per heavy atom. The molecule has 2 saturated heterocycles. The number of aromatic nitrogens is 2. The van der Waals surface area contributed by atoms with Gasteiger partial charge < -0.3 is 20.2 Å². The van der Waals surface area contributed by atoms with Gasteiger partial charge in [0.15, 0.2) is 0 Å². The van der Waals surface area contributed by atoms with Crippen molar-refractivity contribution in [2.24, 2.45) is 11.8 Å². The molecule has 0 bridgehead atoms. The number of nitrogens with one attached hydrogen (secondary N) is 1. The topological polar surface area (TPSA) is 64.5 Å². The number of aliphatic hydroxyl groups is 1. The van der Waals surface area contributed by atoms with Crippen LogP contribution in [-0.2, 0) is 12.8 Å². The minimum Gasteiger partial charge on any atom is -0.395 e. The van der Waals surface area contributed by atoms with Crippen molar-refractivity contribution >= 4 is 23.4 Å². The van der Waals surface area contributed by atoms with E-state index in [1.165, 1.54) is 29.7 Å². The third kappa shape index (κ3) is 4.84. The van der Waals surface area contributed by atoms with Gasteiger partial charge in [-0.3, -0.25) is 0 Å². The molecule has 7 heteroatoms. The summed E-state index contributed by atoms with van der Waals surface area (Å²) in [7, 11) is 0. The molecular weight excluding hydrogens is 434 g/mol. The molecule has 2 atom stereocenters. The summed E-state index contributed by atoms with van der Waals surface area (Å²) in [5.74, 6) is 3.27. The number of piperidine rings is 1. The molecule has 1 aromatic heterocycles. The molecule has 2 N–H and O–H groups in total. The molecule has 0 radical (unpaired) electrons.